The molecule has 0 amide bonds. The van der Waals surface area contributed by atoms with E-state index in [-0.39, 0.29) is 6.54 Å². The van der Waals surface area contributed by atoms with Gasteiger partial charge >= 0.3 is 0 Å². The van der Waals surface area contributed by atoms with E-state index in [1.54, 1.807) is 25.1 Å². The van der Waals surface area contributed by atoms with Gasteiger partial charge in [-0.3, -0.25) is 4.72 Å². The molecular weight excluding hydrogens is 312 g/mol. The summed E-state index contributed by atoms with van der Waals surface area (Å²) in [5, 5.41) is 0. The number of anilines is 1. The van der Waals surface area contributed by atoms with Crippen LogP contribution in [0.3, 0.4) is 0 Å². The number of hydrogen-bond acceptors (Lipinski definition) is 5. The minimum atomic E-state index is -3.70. The zero-order valence-electron chi connectivity index (χ0n) is 11.9. The molecule has 0 saturated heterocycles. The predicted octanol–water partition coefficient (Wildman–Crippen LogP) is 0.0915. The van der Waals surface area contributed by atoms with E-state index in [0.717, 1.165) is 17.4 Å². The first-order valence-corrected chi connectivity index (χ1v) is 9.82. The number of rotatable bonds is 5. The Morgan fingerprint density at radius 3 is 2.38 bits per heavy atom. The second kappa shape index (κ2) is 6.93. The van der Waals surface area contributed by atoms with Crippen molar-refractivity contribution in [1.29, 1.82) is 0 Å². The first-order chi connectivity index (χ1) is 9.63. The highest BCUT2D eigenvalue weighted by molar-refractivity contribution is 7.95. The molecule has 1 rings (SSSR count). The topological polar surface area (TPSA) is 106 Å². The number of sulfone groups is 1. The Balaban J connectivity index is 2.86. The Bertz CT molecular complexity index is 772. The maximum atomic E-state index is 11.8. The maximum absolute atomic E-state index is 11.8. The monoisotopic (exact) mass is 330 g/mol. The molecule has 0 spiro atoms. The van der Waals surface area contributed by atoms with Crippen molar-refractivity contribution in [2.75, 3.05) is 29.0 Å². The van der Waals surface area contributed by atoms with Gasteiger partial charge in [-0.2, -0.15) is 0 Å². The van der Waals surface area contributed by atoms with Crippen molar-refractivity contribution in [3.05, 3.63) is 29.3 Å². The van der Waals surface area contributed by atoms with Gasteiger partial charge < -0.3 is 5.73 Å². The summed E-state index contributed by atoms with van der Waals surface area (Å²) < 4.78 is 48.0. The highest BCUT2D eigenvalue weighted by atomic mass is 32.2. The van der Waals surface area contributed by atoms with E-state index in [2.05, 4.69) is 16.6 Å². The van der Waals surface area contributed by atoms with Gasteiger partial charge in [0.15, 0.2) is 0 Å². The van der Waals surface area contributed by atoms with Gasteiger partial charge in [-0.1, -0.05) is 11.8 Å². The molecule has 3 N–H and O–H groups in total. The number of nitrogens with two attached hydrogens (primary N) is 1. The summed E-state index contributed by atoms with van der Waals surface area (Å²) in [7, 11) is -7.02. The number of nitrogens with one attached hydrogen (secondary N) is 1. The second-order valence-corrected chi connectivity index (χ2v) is 8.69. The number of aryl methyl sites for hydroxylation is 1. The van der Waals surface area contributed by atoms with Crippen LogP contribution < -0.4 is 10.5 Å². The highest BCUT2D eigenvalue weighted by Crippen LogP contribution is 2.15. The van der Waals surface area contributed by atoms with Crippen molar-refractivity contribution in [2.24, 2.45) is 5.73 Å². The van der Waals surface area contributed by atoms with E-state index in [0.29, 0.717) is 5.69 Å². The molecule has 0 aliphatic heterocycles. The van der Waals surface area contributed by atoms with Crippen molar-refractivity contribution in [3.8, 4) is 11.8 Å². The van der Waals surface area contributed by atoms with E-state index in [4.69, 9.17) is 5.73 Å². The molecule has 0 atom stereocenters. The Morgan fingerprint density at radius 2 is 1.86 bits per heavy atom. The normalized spacial score (nSPS) is 11.6. The minimum absolute atomic E-state index is 0.249. The molecule has 0 heterocycles. The molecule has 0 aliphatic carbocycles. The molecule has 6 nitrogen and oxygen atoms in total. The summed E-state index contributed by atoms with van der Waals surface area (Å²) in [5.41, 5.74) is 7.24. The first-order valence-electron chi connectivity index (χ1n) is 6.11. The minimum Gasteiger partial charge on any atom is -0.320 e. The van der Waals surface area contributed by atoms with E-state index in [1.165, 1.54) is 0 Å². The Kier molecular flexibility index (Phi) is 5.78. The SMILES string of the molecule is Cc1cc(NS(=O)(=O)CCS(C)(=O)=O)ccc1C#CCN. The lowest BCUT2D eigenvalue weighted by atomic mass is 10.1. The first kappa shape index (κ1) is 17.5. The van der Waals surface area contributed by atoms with Gasteiger partial charge in [0.2, 0.25) is 10.0 Å². The second-order valence-electron chi connectivity index (χ2n) is 4.59. The summed E-state index contributed by atoms with van der Waals surface area (Å²) >= 11 is 0. The lowest BCUT2D eigenvalue weighted by Crippen LogP contribution is -2.22. The fourth-order valence-corrected chi connectivity index (χ4v) is 4.18. The zero-order valence-corrected chi connectivity index (χ0v) is 13.5. The van der Waals surface area contributed by atoms with E-state index in [9.17, 15) is 16.8 Å². The molecule has 116 valence electrons. The molecular formula is C13H18N2O4S2. The fourth-order valence-electron chi connectivity index (χ4n) is 1.51. The maximum Gasteiger partial charge on any atom is 0.233 e. The largest absolute Gasteiger partial charge is 0.320 e. The molecule has 8 heteroatoms. The van der Waals surface area contributed by atoms with Crippen molar-refractivity contribution < 1.29 is 16.8 Å². The van der Waals surface area contributed by atoms with Crippen LogP contribution in [-0.4, -0.2) is 41.1 Å². The summed E-state index contributed by atoms with van der Waals surface area (Å²) in [6.45, 7) is 2.05. The average molecular weight is 330 g/mol. The van der Waals surface area contributed by atoms with Crippen LogP contribution in [0.15, 0.2) is 18.2 Å². The van der Waals surface area contributed by atoms with E-state index < -0.39 is 31.4 Å². The third kappa shape index (κ3) is 6.62. The number of hydrogen-bond donors (Lipinski definition) is 2. The molecule has 0 aliphatic rings. The van der Waals surface area contributed by atoms with Crippen molar-refractivity contribution >= 4 is 25.5 Å². The molecule has 0 aromatic heterocycles. The number of benzene rings is 1. The summed E-state index contributed by atoms with van der Waals surface area (Å²) in [4.78, 5) is 0. The van der Waals surface area contributed by atoms with Gasteiger partial charge in [0.25, 0.3) is 0 Å². The Morgan fingerprint density at radius 1 is 1.19 bits per heavy atom. The van der Waals surface area contributed by atoms with Crippen molar-refractivity contribution in [1.82, 2.24) is 0 Å². The molecule has 0 unspecified atom stereocenters. The Hall–Kier alpha value is -1.56. The Labute approximate surface area is 125 Å². The highest BCUT2D eigenvalue weighted by Gasteiger charge is 2.14. The number of sulfonamides is 1. The van der Waals surface area contributed by atoms with Gasteiger partial charge in [0.05, 0.1) is 18.1 Å². The van der Waals surface area contributed by atoms with Crippen LogP contribution in [0.1, 0.15) is 11.1 Å². The lowest BCUT2D eigenvalue weighted by Gasteiger charge is -2.09. The van der Waals surface area contributed by atoms with Crippen LogP contribution >= 0.6 is 0 Å². The van der Waals surface area contributed by atoms with Crippen LogP contribution in [0.2, 0.25) is 0 Å². The smallest absolute Gasteiger partial charge is 0.233 e. The molecule has 0 radical (unpaired) electrons. The van der Waals surface area contributed by atoms with Crippen LogP contribution in [0.4, 0.5) is 5.69 Å². The van der Waals surface area contributed by atoms with Crippen molar-refractivity contribution in [2.45, 2.75) is 6.92 Å². The van der Waals surface area contributed by atoms with Gasteiger partial charge in [0, 0.05) is 17.5 Å². The molecule has 1 aromatic carbocycles. The van der Waals surface area contributed by atoms with Crippen LogP contribution in [-0.2, 0) is 19.9 Å². The van der Waals surface area contributed by atoms with E-state index in [1.807, 2.05) is 0 Å². The van der Waals surface area contributed by atoms with E-state index >= 15 is 0 Å². The average Bonchev–Trinajstić information content (AvgIpc) is 2.34. The van der Waals surface area contributed by atoms with Crippen LogP contribution in [0.25, 0.3) is 0 Å². The van der Waals surface area contributed by atoms with Crippen LogP contribution in [0, 0.1) is 18.8 Å². The van der Waals surface area contributed by atoms with Gasteiger partial charge in [-0.25, -0.2) is 16.8 Å². The molecule has 0 bridgehead atoms. The van der Waals surface area contributed by atoms with Gasteiger partial charge in [-0.15, -0.1) is 0 Å². The quantitative estimate of drug-likeness (QED) is 0.744. The molecule has 0 saturated carbocycles. The molecule has 21 heavy (non-hydrogen) atoms. The van der Waals surface area contributed by atoms with Crippen LogP contribution in [0.5, 0.6) is 0 Å². The fraction of sp³-hybridized carbons (Fsp3) is 0.385. The van der Waals surface area contributed by atoms with Crippen molar-refractivity contribution in [3.63, 3.8) is 0 Å². The zero-order chi connectivity index (χ0) is 16.1. The third-order valence-electron chi connectivity index (χ3n) is 2.55. The molecule has 0 fully saturated rings. The lowest BCUT2D eigenvalue weighted by molar-refractivity contribution is 0.593. The summed E-state index contributed by atoms with van der Waals surface area (Å²) in [6, 6.07) is 4.90. The van der Waals surface area contributed by atoms with Gasteiger partial charge in [0.1, 0.15) is 9.84 Å². The standard InChI is InChI=1S/C13H18N2O4S2/c1-11-10-13(6-5-12(11)4-3-7-14)15-21(18,19)9-8-20(2,16)17/h5-6,10,15H,7-9,14H2,1-2H3. The summed E-state index contributed by atoms with van der Waals surface area (Å²) in [5.74, 6) is 4.71. The molecule has 1 aromatic rings. The van der Waals surface area contributed by atoms with Gasteiger partial charge in [-0.05, 0) is 30.7 Å². The summed E-state index contributed by atoms with van der Waals surface area (Å²) in [6.07, 6.45) is 0.998. The predicted molar refractivity (Wildman–Crippen MR) is 84.2 cm³/mol. The third-order valence-corrected chi connectivity index (χ3v) is 5.04.